The average molecular weight is 470 g/mol. The SMILES string of the molecule is NS(=O)(=O)c1ccc(C(=O)N2CCC(NC(=O)Nc3ccc(C(F)(F)F)cc3)CC2)cc1. The fourth-order valence-electron chi connectivity index (χ4n) is 3.29. The van der Waals surface area contributed by atoms with Crippen LogP contribution in [0, 0.1) is 0 Å². The summed E-state index contributed by atoms with van der Waals surface area (Å²) in [7, 11) is -3.84. The first-order valence-corrected chi connectivity index (χ1v) is 11.1. The lowest BCUT2D eigenvalue weighted by atomic mass is 10.0. The number of amides is 3. The van der Waals surface area contributed by atoms with Gasteiger partial charge in [-0.05, 0) is 61.4 Å². The highest BCUT2D eigenvalue weighted by Crippen LogP contribution is 2.29. The Morgan fingerprint density at radius 3 is 2.03 bits per heavy atom. The predicted molar refractivity (Wildman–Crippen MR) is 110 cm³/mol. The zero-order valence-electron chi connectivity index (χ0n) is 16.7. The Balaban J connectivity index is 1.49. The molecule has 3 rings (SSSR count). The van der Waals surface area contributed by atoms with E-state index >= 15 is 0 Å². The van der Waals surface area contributed by atoms with Gasteiger partial charge in [0.1, 0.15) is 0 Å². The molecule has 2 aromatic rings. The van der Waals surface area contributed by atoms with Crippen LogP contribution in [-0.4, -0.2) is 44.4 Å². The fraction of sp³-hybridized carbons (Fsp3) is 0.300. The van der Waals surface area contributed by atoms with Gasteiger partial charge in [0.2, 0.25) is 10.0 Å². The first kappa shape index (κ1) is 23.5. The minimum absolute atomic E-state index is 0.0870. The topological polar surface area (TPSA) is 122 Å². The van der Waals surface area contributed by atoms with E-state index in [1.165, 1.54) is 36.4 Å². The first-order chi connectivity index (χ1) is 14.9. The summed E-state index contributed by atoms with van der Waals surface area (Å²) in [4.78, 5) is 26.2. The van der Waals surface area contributed by atoms with Gasteiger partial charge in [-0.1, -0.05) is 0 Å². The van der Waals surface area contributed by atoms with E-state index in [4.69, 9.17) is 5.14 Å². The number of primary sulfonamides is 1. The maximum Gasteiger partial charge on any atom is 0.416 e. The lowest BCUT2D eigenvalue weighted by molar-refractivity contribution is -0.137. The van der Waals surface area contributed by atoms with Crippen molar-refractivity contribution in [2.45, 2.75) is 30.0 Å². The molecule has 1 aliphatic heterocycles. The molecule has 0 radical (unpaired) electrons. The summed E-state index contributed by atoms with van der Waals surface area (Å²) in [5.41, 5.74) is -0.255. The van der Waals surface area contributed by atoms with Gasteiger partial charge in [-0.15, -0.1) is 0 Å². The average Bonchev–Trinajstić information content (AvgIpc) is 2.73. The van der Waals surface area contributed by atoms with Crippen LogP contribution in [0.1, 0.15) is 28.8 Å². The quantitative estimate of drug-likeness (QED) is 0.636. The summed E-state index contributed by atoms with van der Waals surface area (Å²) in [6, 6.07) is 8.67. The molecule has 0 aromatic heterocycles. The first-order valence-electron chi connectivity index (χ1n) is 9.60. The molecule has 1 heterocycles. The van der Waals surface area contributed by atoms with E-state index in [9.17, 15) is 31.2 Å². The second-order valence-corrected chi connectivity index (χ2v) is 8.87. The van der Waals surface area contributed by atoms with Gasteiger partial charge in [0.05, 0.1) is 10.5 Å². The van der Waals surface area contributed by atoms with Crippen molar-refractivity contribution in [1.29, 1.82) is 0 Å². The summed E-state index contributed by atoms with van der Waals surface area (Å²) >= 11 is 0. The number of alkyl halides is 3. The van der Waals surface area contributed by atoms with Gasteiger partial charge < -0.3 is 15.5 Å². The Morgan fingerprint density at radius 1 is 0.969 bits per heavy atom. The Bertz CT molecular complexity index is 1080. The Hall–Kier alpha value is -3.12. The molecule has 1 saturated heterocycles. The van der Waals surface area contributed by atoms with Crippen molar-refractivity contribution in [1.82, 2.24) is 10.2 Å². The number of halogens is 3. The summed E-state index contributed by atoms with van der Waals surface area (Å²) in [5, 5.41) is 10.3. The largest absolute Gasteiger partial charge is 0.416 e. The smallest absolute Gasteiger partial charge is 0.338 e. The number of piperidine rings is 1. The second kappa shape index (κ2) is 9.17. The van der Waals surface area contributed by atoms with Crippen molar-refractivity contribution < 1.29 is 31.2 Å². The number of carbonyl (C=O) groups excluding carboxylic acids is 2. The summed E-state index contributed by atoms with van der Waals surface area (Å²) in [6.07, 6.45) is -3.47. The van der Waals surface area contributed by atoms with Crippen LogP contribution < -0.4 is 15.8 Å². The molecule has 8 nitrogen and oxygen atoms in total. The summed E-state index contributed by atoms with van der Waals surface area (Å²) in [5.74, 6) is -0.265. The number of likely N-dealkylation sites (tertiary alicyclic amines) is 1. The van der Waals surface area contributed by atoms with E-state index in [0.29, 0.717) is 31.5 Å². The summed E-state index contributed by atoms with van der Waals surface area (Å²) in [6.45, 7) is 0.752. The number of sulfonamides is 1. The van der Waals surface area contributed by atoms with Gasteiger partial charge >= 0.3 is 12.2 Å². The van der Waals surface area contributed by atoms with E-state index in [2.05, 4.69) is 10.6 Å². The molecule has 2 aromatic carbocycles. The zero-order chi connectivity index (χ0) is 23.5. The molecular weight excluding hydrogens is 449 g/mol. The predicted octanol–water partition coefficient (Wildman–Crippen LogP) is 2.78. The van der Waals surface area contributed by atoms with Gasteiger partial charge in [0, 0.05) is 30.4 Å². The monoisotopic (exact) mass is 470 g/mol. The number of nitrogens with two attached hydrogens (primary N) is 1. The highest BCUT2D eigenvalue weighted by molar-refractivity contribution is 7.89. The molecule has 3 amide bonds. The van der Waals surface area contributed by atoms with Crippen LogP contribution in [0.25, 0.3) is 0 Å². The molecule has 1 aliphatic rings. The Labute approximate surface area is 182 Å². The van der Waals surface area contributed by atoms with Crippen LogP contribution in [0.15, 0.2) is 53.4 Å². The van der Waals surface area contributed by atoms with Gasteiger partial charge in [-0.2, -0.15) is 13.2 Å². The highest BCUT2D eigenvalue weighted by Gasteiger charge is 2.30. The van der Waals surface area contributed by atoms with Crippen LogP contribution in [0.4, 0.5) is 23.7 Å². The molecule has 0 aliphatic carbocycles. The molecule has 4 N–H and O–H groups in total. The third-order valence-corrected chi connectivity index (χ3v) is 5.95. The van der Waals surface area contributed by atoms with Crippen LogP contribution in [-0.2, 0) is 16.2 Å². The van der Waals surface area contributed by atoms with Gasteiger partial charge in [-0.25, -0.2) is 18.4 Å². The standard InChI is InChI=1S/C20H21F3N4O4S/c21-20(22,23)14-3-5-15(6-4-14)25-19(29)26-16-9-11-27(12-10-16)18(28)13-1-7-17(8-2-13)32(24,30)31/h1-8,16H,9-12H2,(H2,24,30,31)(H2,25,26,29). The van der Waals surface area contributed by atoms with Crippen LogP contribution in [0.3, 0.4) is 0 Å². The lowest BCUT2D eigenvalue weighted by Crippen LogP contribution is -2.47. The minimum atomic E-state index is -4.45. The van der Waals surface area contributed by atoms with Crippen LogP contribution in [0.5, 0.6) is 0 Å². The van der Waals surface area contributed by atoms with Crippen molar-refractivity contribution in [3.8, 4) is 0 Å². The summed E-state index contributed by atoms with van der Waals surface area (Å²) < 4.78 is 60.4. The number of carbonyl (C=O) groups is 2. The van der Waals surface area contributed by atoms with E-state index in [1.54, 1.807) is 4.90 Å². The number of nitrogens with one attached hydrogen (secondary N) is 2. The lowest BCUT2D eigenvalue weighted by Gasteiger charge is -2.32. The molecule has 1 fully saturated rings. The van der Waals surface area contributed by atoms with Crippen LogP contribution >= 0.6 is 0 Å². The normalized spacial score (nSPS) is 15.3. The number of rotatable bonds is 4. The maximum atomic E-state index is 12.6. The third-order valence-electron chi connectivity index (χ3n) is 5.02. The van der Waals surface area contributed by atoms with E-state index in [1.807, 2.05) is 0 Å². The number of benzene rings is 2. The number of urea groups is 1. The molecule has 0 bridgehead atoms. The number of hydrogen-bond donors (Lipinski definition) is 3. The number of hydrogen-bond acceptors (Lipinski definition) is 4. The molecule has 12 heteroatoms. The van der Waals surface area contributed by atoms with Gasteiger partial charge in [0.15, 0.2) is 0 Å². The van der Waals surface area contributed by atoms with Crippen molar-refractivity contribution in [2.24, 2.45) is 5.14 Å². The van der Waals surface area contributed by atoms with Crippen molar-refractivity contribution in [2.75, 3.05) is 18.4 Å². The van der Waals surface area contributed by atoms with Gasteiger partial charge in [-0.3, -0.25) is 4.79 Å². The van der Waals surface area contributed by atoms with E-state index < -0.39 is 27.8 Å². The van der Waals surface area contributed by atoms with Crippen LogP contribution in [0.2, 0.25) is 0 Å². The van der Waals surface area contributed by atoms with E-state index in [0.717, 1.165) is 12.1 Å². The second-order valence-electron chi connectivity index (χ2n) is 7.31. The van der Waals surface area contributed by atoms with Crippen molar-refractivity contribution in [3.05, 3.63) is 59.7 Å². The minimum Gasteiger partial charge on any atom is -0.338 e. The fourth-order valence-corrected chi connectivity index (χ4v) is 3.81. The zero-order valence-corrected chi connectivity index (χ0v) is 17.5. The molecule has 172 valence electrons. The molecular formula is C20H21F3N4O4S. The van der Waals surface area contributed by atoms with Crippen molar-refractivity contribution in [3.63, 3.8) is 0 Å². The number of nitrogens with zero attached hydrogens (tertiary/aromatic N) is 1. The number of anilines is 1. The Morgan fingerprint density at radius 2 is 1.53 bits per heavy atom. The maximum absolute atomic E-state index is 12.6. The van der Waals surface area contributed by atoms with Gasteiger partial charge in [0.25, 0.3) is 5.91 Å². The van der Waals surface area contributed by atoms with Crippen molar-refractivity contribution >= 4 is 27.6 Å². The Kier molecular flexibility index (Phi) is 6.74. The third kappa shape index (κ3) is 5.98. The highest BCUT2D eigenvalue weighted by atomic mass is 32.2. The molecule has 0 atom stereocenters. The van der Waals surface area contributed by atoms with E-state index in [-0.39, 0.29) is 22.5 Å². The molecule has 0 spiro atoms. The molecule has 32 heavy (non-hydrogen) atoms. The molecule has 0 saturated carbocycles. The molecule has 0 unspecified atom stereocenters.